The molecule has 0 heterocycles. The molecule has 1 aromatic rings. The van der Waals surface area contributed by atoms with Crippen LogP contribution in [0.2, 0.25) is 0 Å². The standard InChI is InChI=1S/C19H26S/c1-2-7-20-18-5-3-17(4-6-18)19-11-14-8-15(12-19)10-16(9-14)13-19/h3-6,14-16H,2,7-13H2,1H3. The molecular formula is C19H26S. The van der Waals surface area contributed by atoms with Crippen LogP contribution >= 0.6 is 11.8 Å². The smallest absolute Gasteiger partial charge is 0.00721 e. The van der Waals surface area contributed by atoms with Gasteiger partial charge < -0.3 is 0 Å². The molecule has 4 fully saturated rings. The van der Waals surface area contributed by atoms with Gasteiger partial charge in [0.2, 0.25) is 0 Å². The van der Waals surface area contributed by atoms with E-state index in [1.165, 1.54) is 36.3 Å². The van der Waals surface area contributed by atoms with Gasteiger partial charge in [-0.05, 0) is 91.6 Å². The summed E-state index contributed by atoms with van der Waals surface area (Å²) in [4.78, 5) is 1.46. The van der Waals surface area contributed by atoms with E-state index in [-0.39, 0.29) is 0 Å². The fourth-order valence-corrected chi connectivity index (χ4v) is 6.36. The van der Waals surface area contributed by atoms with Crippen molar-refractivity contribution in [2.75, 3.05) is 5.75 Å². The van der Waals surface area contributed by atoms with Gasteiger partial charge in [0.05, 0.1) is 0 Å². The number of benzene rings is 1. The van der Waals surface area contributed by atoms with Gasteiger partial charge in [-0.1, -0.05) is 19.1 Å². The highest BCUT2D eigenvalue weighted by molar-refractivity contribution is 7.99. The van der Waals surface area contributed by atoms with Gasteiger partial charge in [0, 0.05) is 4.90 Å². The molecule has 0 radical (unpaired) electrons. The summed E-state index contributed by atoms with van der Waals surface area (Å²) >= 11 is 2.01. The number of hydrogen-bond donors (Lipinski definition) is 0. The van der Waals surface area contributed by atoms with Gasteiger partial charge in [-0.15, -0.1) is 11.8 Å². The van der Waals surface area contributed by atoms with Crippen LogP contribution in [0.5, 0.6) is 0 Å². The molecule has 5 rings (SSSR count). The van der Waals surface area contributed by atoms with E-state index in [9.17, 15) is 0 Å². The molecule has 0 amide bonds. The van der Waals surface area contributed by atoms with Crippen LogP contribution < -0.4 is 0 Å². The molecule has 0 N–H and O–H groups in total. The summed E-state index contributed by atoms with van der Waals surface area (Å²) in [6, 6.07) is 9.69. The second kappa shape index (κ2) is 5.09. The van der Waals surface area contributed by atoms with Gasteiger partial charge in [-0.25, -0.2) is 0 Å². The summed E-state index contributed by atoms with van der Waals surface area (Å²) in [6.07, 6.45) is 10.4. The molecule has 0 spiro atoms. The number of thioether (sulfide) groups is 1. The first-order chi connectivity index (χ1) is 9.77. The Bertz CT molecular complexity index is 438. The Kier molecular flexibility index (Phi) is 3.37. The predicted molar refractivity (Wildman–Crippen MR) is 87.3 cm³/mol. The molecule has 4 aliphatic rings. The van der Waals surface area contributed by atoms with Gasteiger partial charge in [0.15, 0.2) is 0 Å². The average Bonchev–Trinajstić information content (AvgIpc) is 2.44. The van der Waals surface area contributed by atoms with E-state index >= 15 is 0 Å². The molecule has 108 valence electrons. The summed E-state index contributed by atoms with van der Waals surface area (Å²) in [5, 5.41) is 0. The third-order valence-corrected chi connectivity index (χ3v) is 7.20. The minimum atomic E-state index is 0.572. The Hall–Kier alpha value is -0.430. The van der Waals surface area contributed by atoms with Gasteiger partial charge in [-0.2, -0.15) is 0 Å². The molecule has 0 saturated heterocycles. The third kappa shape index (κ3) is 2.22. The van der Waals surface area contributed by atoms with Crippen LogP contribution in [0.15, 0.2) is 29.2 Å². The highest BCUT2D eigenvalue weighted by Gasteiger charge is 2.51. The van der Waals surface area contributed by atoms with Crippen LogP contribution in [0.4, 0.5) is 0 Å². The fraction of sp³-hybridized carbons (Fsp3) is 0.684. The van der Waals surface area contributed by atoms with Crippen molar-refractivity contribution in [3.05, 3.63) is 29.8 Å². The summed E-state index contributed by atoms with van der Waals surface area (Å²) < 4.78 is 0. The van der Waals surface area contributed by atoms with Crippen LogP contribution in [-0.2, 0) is 5.41 Å². The summed E-state index contributed by atoms with van der Waals surface area (Å²) in [7, 11) is 0. The average molecular weight is 286 g/mol. The molecule has 1 aromatic carbocycles. The Labute approximate surface area is 127 Å². The minimum Gasteiger partial charge on any atom is -0.126 e. The van der Waals surface area contributed by atoms with Crippen LogP contribution in [0, 0.1) is 17.8 Å². The zero-order valence-electron chi connectivity index (χ0n) is 12.6. The van der Waals surface area contributed by atoms with E-state index < -0.39 is 0 Å². The largest absolute Gasteiger partial charge is 0.126 e. The lowest BCUT2D eigenvalue weighted by Gasteiger charge is -2.57. The Morgan fingerprint density at radius 3 is 2.00 bits per heavy atom. The van der Waals surface area contributed by atoms with Crippen molar-refractivity contribution in [2.24, 2.45) is 17.8 Å². The lowest BCUT2D eigenvalue weighted by molar-refractivity contribution is -0.00520. The highest BCUT2D eigenvalue weighted by Crippen LogP contribution is 2.60. The molecule has 0 aromatic heterocycles. The Morgan fingerprint density at radius 1 is 0.950 bits per heavy atom. The van der Waals surface area contributed by atoms with Crippen molar-refractivity contribution in [1.82, 2.24) is 0 Å². The van der Waals surface area contributed by atoms with Gasteiger partial charge >= 0.3 is 0 Å². The predicted octanol–water partition coefficient (Wildman–Crippen LogP) is 5.66. The summed E-state index contributed by atoms with van der Waals surface area (Å²) in [5.41, 5.74) is 2.24. The topological polar surface area (TPSA) is 0 Å². The molecular weight excluding hydrogens is 260 g/mol. The normalized spacial score (nSPS) is 38.4. The van der Waals surface area contributed by atoms with Crippen molar-refractivity contribution in [2.45, 2.75) is 62.2 Å². The second-order valence-electron chi connectivity index (χ2n) is 7.57. The summed E-state index contributed by atoms with van der Waals surface area (Å²) in [5.74, 6) is 4.40. The van der Waals surface area contributed by atoms with Gasteiger partial charge in [0.1, 0.15) is 0 Å². The third-order valence-electron chi connectivity index (χ3n) is 5.98. The van der Waals surface area contributed by atoms with E-state index in [1.54, 1.807) is 24.8 Å². The van der Waals surface area contributed by atoms with E-state index in [4.69, 9.17) is 0 Å². The van der Waals surface area contributed by atoms with E-state index in [0.717, 1.165) is 17.8 Å². The number of hydrogen-bond acceptors (Lipinski definition) is 1. The minimum absolute atomic E-state index is 0.572. The quantitative estimate of drug-likeness (QED) is 0.644. The van der Waals surface area contributed by atoms with Crippen molar-refractivity contribution in [3.63, 3.8) is 0 Å². The molecule has 4 aliphatic carbocycles. The first kappa shape index (κ1) is 13.2. The number of rotatable bonds is 4. The SMILES string of the molecule is CCCSc1ccc(C23CC4CC(CC(C4)C2)C3)cc1. The lowest BCUT2D eigenvalue weighted by atomic mass is 9.48. The molecule has 4 bridgehead atoms. The maximum absolute atomic E-state index is 2.46. The van der Waals surface area contributed by atoms with Crippen LogP contribution in [0.3, 0.4) is 0 Å². The van der Waals surface area contributed by atoms with Crippen LogP contribution in [-0.4, -0.2) is 5.75 Å². The molecule has 0 aliphatic heterocycles. The van der Waals surface area contributed by atoms with E-state index in [0.29, 0.717) is 5.41 Å². The van der Waals surface area contributed by atoms with Crippen LogP contribution in [0.25, 0.3) is 0 Å². The maximum Gasteiger partial charge on any atom is 0.00721 e. The zero-order chi connectivity index (χ0) is 13.6. The van der Waals surface area contributed by atoms with Crippen molar-refractivity contribution < 1.29 is 0 Å². The van der Waals surface area contributed by atoms with Gasteiger partial charge in [-0.3, -0.25) is 0 Å². The first-order valence-corrected chi connectivity index (χ1v) is 9.49. The fourth-order valence-electron chi connectivity index (χ4n) is 5.59. The van der Waals surface area contributed by atoms with Crippen molar-refractivity contribution >= 4 is 11.8 Å². The second-order valence-corrected chi connectivity index (χ2v) is 8.74. The molecule has 4 saturated carbocycles. The molecule has 20 heavy (non-hydrogen) atoms. The van der Waals surface area contributed by atoms with Crippen LogP contribution in [0.1, 0.15) is 57.4 Å². The van der Waals surface area contributed by atoms with Gasteiger partial charge in [0.25, 0.3) is 0 Å². The monoisotopic (exact) mass is 286 g/mol. The molecule has 0 atom stereocenters. The molecule has 0 unspecified atom stereocenters. The molecule has 0 nitrogen and oxygen atoms in total. The lowest BCUT2D eigenvalue weighted by Crippen LogP contribution is -2.48. The Morgan fingerprint density at radius 2 is 1.50 bits per heavy atom. The first-order valence-electron chi connectivity index (χ1n) is 8.51. The maximum atomic E-state index is 2.46. The zero-order valence-corrected chi connectivity index (χ0v) is 13.4. The molecule has 1 heteroatoms. The van der Waals surface area contributed by atoms with Crippen molar-refractivity contribution in [1.29, 1.82) is 0 Å². The van der Waals surface area contributed by atoms with E-state index in [1.807, 2.05) is 11.8 Å². The van der Waals surface area contributed by atoms with Crippen molar-refractivity contribution in [3.8, 4) is 0 Å². The summed E-state index contributed by atoms with van der Waals surface area (Å²) in [6.45, 7) is 2.26. The highest BCUT2D eigenvalue weighted by atomic mass is 32.2. The Balaban J connectivity index is 1.57. The van der Waals surface area contributed by atoms with E-state index in [2.05, 4.69) is 31.2 Å².